The van der Waals surface area contributed by atoms with Crippen LogP contribution >= 0.6 is 0 Å². The average molecular weight is 270 g/mol. The van der Waals surface area contributed by atoms with Crippen LogP contribution in [0.25, 0.3) is 22.8 Å². The highest BCUT2D eigenvalue weighted by molar-refractivity contribution is 5.63. The van der Waals surface area contributed by atoms with Crippen LogP contribution in [0.1, 0.15) is 11.4 Å². The number of aryl methyl sites for hydroxylation is 2. The highest BCUT2D eigenvalue weighted by Gasteiger charge is 2.17. The summed E-state index contributed by atoms with van der Waals surface area (Å²) in [5, 5.41) is 11.0. The van der Waals surface area contributed by atoms with E-state index >= 15 is 0 Å². The molecule has 0 atom stereocenters. The molecule has 0 fully saturated rings. The van der Waals surface area contributed by atoms with Crippen molar-refractivity contribution in [3.63, 3.8) is 0 Å². The first-order valence-electron chi connectivity index (χ1n) is 6.19. The summed E-state index contributed by atoms with van der Waals surface area (Å²) in [5.41, 5.74) is 3.48. The van der Waals surface area contributed by atoms with Gasteiger partial charge in [-0.05, 0) is 38.1 Å². The fourth-order valence-electron chi connectivity index (χ4n) is 2.05. The predicted molar refractivity (Wildman–Crippen MR) is 73.3 cm³/mol. The van der Waals surface area contributed by atoms with Crippen molar-refractivity contribution in [3.8, 4) is 28.6 Å². The summed E-state index contributed by atoms with van der Waals surface area (Å²) in [5.74, 6) is 1.81. The third-order valence-corrected chi connectivity index (χ3v) is 3.12. The van der Waals surface area contributed by atoms with E-state index in [-0.39, 0.29) is 0 Å². The number of nitrogens with zero attached hydrogens (tertiary/aromatic N) is 3. The largest absolute Gasteiger partial charge is 0.497 e. The summed E-state index contributed by atoms with van der Waals surface area (Å²) in [6.07, 6.45) is 0. The lowest BCUT2D eigenvalue weighted by molar-refractivity contribution is 0.414. The molecule has 0 saturated carbocycles. The standard InChI is InChI=1S/C14H14N4O2/c1-8-12(9(2)17-16-8)14-15-13(18-20-14)10-4-6-11(19-3)7-5-10/h4-7H,1-3H3,(H,16,17). The fourth-order valence-corrected chi connectivity index (χ4v) is 2.05. The lowest BCUT2D eigenvalue weighted by Gasteiger charge is -1.98. The maximum Gasteiger partial charge on any atom is 0.261 e. The van der Waals surface area contributed by atoms with E-state index in [1.54, 1.807) is 7.11 Å². The molecule has 102 valence electrons. The molecular weight excluding hydrogens is 256 g/mol. The maximum absolute atomic E-state index is 5.33. The van der Waals surface area contributed by atoms with Gasteiger partial charge in [0.25, 0.3) is 5.89 Å². The fraction of sp³-hybridized carbons (Fsp3) is 0.214. The zero-order chi connectivity index (χ0) is 14.1. The number of methoxy groups -OCH3 is 1. The Bertz CT molecular complexity index is 708. The van der Waals surface area contributed by atoms with Gasteiger partial charge in [0, 0.05) is 11.3 Å². The molecule has 1 N–H and O–H groups in total. The van der Waals surface area contributed by atoms with Crippen molar-refractivity contribution < 1.29 is 9.26 Å². The van der Waals surface area contributed by atoms with Crippen molar-refractivity contribution in [1.29, 1.82) is 0 Å². The minimum atomic E-state index is 0.472. The van der Waals surface area contributed by atoms with Crippen LogP contribution in [0.4, 0.5) is 0 Å². The summed E-state index contributed by atoms with van der Waals surface area (Å²) in [4.78, 5) is 4.42. The molecular formula is C14H14N4O2. The van der Waals surface area contributed by atoms with Crippen molar-refractivity contribution >= 4 is 0 Å². The van der Waals surface area contributed by atoms with Crippen LogP contribution in [-0.2, 0) is 0 Å². The van der Waals surface area contributed by atoms with E-state index in [9.17, 15) is 0 Å². The van der Waals surface area contributed by atoms with Gasteiger partial charge in [0.05, 0.1) is 18.4 Å². The van der Waals surface area contributed by atoms with Crippen molar-refractivity contribution in [2.24, 2.45) is 0 Å². The van der Waals surface area contributed by atoms with Gasteiger partial charge in [-0.25, -0.2) is 0 Å². The Morgan fingerprint density at radius 1 is 1.15 bits per heavy atom. The molecule has 0 radical (unpaired) electrons. The molecule has 0 saturated heterocycles. The zero-order valence-corrected chi connectivity index (χ0v) is 11.5. The predicted octanol–water partition coefficient (Wildman–Crippen LogP) is 2.75. The number of rotatable bonds is 3. The van der Waals surface area contributed by atoms with E-state index in [1.165, 1.54) is 0 Å². The molecule has 3 aromatic rings. The van der Waals surface area contributed by atoms with Crippen molar-refractivity contribution in [3.05, 3.63) is 35.7 Å². The molecule has 20 heavy (non-hydrogen) atoms. The number of ether oxygens (including phenoxy) is 1. The van der Waals surface area contributed by atoms with Gasteiger partial charge in [0.1, 0.15) is 5.75 Å². The van der Waals surface area contributed by atoms with E-state index in [2.05, 4.69) is 20.3 Å². The molecule has 0 aliphatic heterocycles. The molecule has 0 aliphatic carbocycles. The third kappa shape index (κ3) is 2.05. The summed E-state index contributed by atoms with van der Waals surface area (Å²) in [7, 11) is 1.63. The number of H-pyrrole nitrogens is 1. The van der Waals surface area contributed by atoms with Gasteiger partial charge in [-0.2, -0.15) is 10.1 Å². The van der Waals surface area contributed by atoms with Crippen LogP contribution < -0.4 is 4.74 Å². The van der Waals surface area contributed by atoms with E-state index in [4.69, 9.17) is 9.26 Å². The summed E-state index contributed by atoms with van der Waals surface area (Å²) >= 11 is 0. The topological polar surface area (TPSA) is 76.8 Å². The van der Waals surface area contributed by atoms with Crippen molar-refractivity contribution in [2.75, 3.05) is 7.11 Å². The molecule has 0 unspecified atom stereocenters. The molecule has 6 nitrogen and oxygen atoms in total. The Morgan fingerprint density at radius 2 is 1.90 bits per heavy atom. The van der Waals surface area contributed by atoms with Crippen LogP contribution in [0.3, 0.4) is 0 Å². The van der Waals surface area contributed by atoms with Crippen LogP contribution in [0, 0.1) is 13.8 Å². The first kappa shape index (κ1) is 12.4. The number of aromatic nitrogens is 4. The molecule has 6 heteroatoms. The number of hydrogen-bond acceptors (Lipinski definition) is 5. The minimum Gasteiger partial charge on any atom is -0.497 e. The second-order valence-corrected chi connectivity index (χ2v) is 4.46. The molecule has 0 aliphatic rings. The first-order valence-corrected chi connectivity index (χ1v) is 6.19. The van der Waals surface area contributed by atoms with E-state index < -0.39 is 0 Å². The molecule has 0 spiro atoms. The Kier molecular flexibility index (Phi) is 2.98. The van der Waals surface area contributed by atoms with Crippen LogP contribution in [0.15, 0.2) is 28.8 Å². The van der Waals surface area contributed by atoms with Crippen molar-refractivity contribution in [1.82, 2.24) is 20.3 Å². The third-order valence-electron chi connectivity index (χ3n) is 3.12. The lowest BCUT2D eigenvalue weighted by atomic mass is 10.2. The Hall–Kier alpha value is -2.63. The molecule has 0 bridgehead atoms. The van der Waals surface area contributed by atoms with E-state index in [0.717, 1.165) is 28.3 Å². The van der Waals surface area contributed by atoms with Crippen LogP contribution in [-0.4, -0.2) is 27.4 Å². The quantitative estimate of drug-likeness (QED) is 0.791. The van der Waals surface area contributed by atoms with Gasteiger partial charge in [-0.1, -0.05) is 5.16 Å². The number of benzene rings is 1. The number of nitrogens with one attached hydrogen (secondary N) is 1. The minimum absolute atomic E-state index is 0.472. The first-order chi connectivity index (χ1) is 9.69. The highest BCUT2D eigenvalue weighted by atomic mass is 16.5. The zero-order valence-electron chi connectivity index (χ0n) is 11.5. The lowest BCUT2D eigenvalue weighted by Crippen LogP contribution is -1.85. The maximum atomic E-state index is 5.33. The van der Waals surface area contributed by atoms with Gasteiger partial charge in [-0.15, -0.1) is 0 Å². The molecule has 1 aromatic carbocycles. The average Bonchev–Trinajstić information content (AvgIpc) is 3.06. The van der Waals surface area contributed by atoms with Crippen LogP contribution in [0.5, 0.6) is 5.75 Å². The van der Waals surface area contributed by atoms with Gasteiger partial charge in [0.15, 0.2) is 0 Å². The number of hydrogen-bond donors (Lipinski definition) is 1. The molecule has 3 rings (SSSR count). The Balaban J connectivity index is 1.97. The second kappa shape index (κ2) is 4.80. The molecule has 0 amide bonds. The van der Waals surface area contributed by atoms with Gasteiger partial charge in [-0.3, -0.25) is 5.10 Å². The number of aromatic amines is 1. The SMILES string of the molecule is COc1ccc(-c2noc(-c3c(C)n[nH]c3C)n2)cc1. The van der Waals surface area contributed by atoms with Crippen molar-refractivity contribution in [2.45, 2.75) is 13.8 Å². The summed E-state index contributed by atoms with van der Waals surface area (Å²) in [6, 6.07) is 7.50. The van der Waals surface area contributed by atoms with E-state index in [1.807, 2.05) is 38.1 Å². The Morgan fingerprint density at radius 3 is 2.50 bits per heavy atom. The second-order valence-electron chi connectivity index (χ2n) is 4.46. The molecule has 2 heterocycles. The van der Waals surface area contributed by atoms with E-state index in [0.29, 0.717) is 11.7 Å². The summed E-state index contributed by atoms with van der Waals surface area (Å²) in [6.45, 7) is 3.82. The Labute approximate surface area is 115 Å². The van der Waals surface area contributed by atoms with Crippen LogP contribution in [0.2, 0.25) is 0 Å². The van der Waals surface area contributed by atoms with Gasteiger partial charge >= 0.3 is 0 Å². The summed E-state index contributed by atoms with van der Waals surface area (Å²) < 4.78 is 10.5. The van der Waals surface area contributed by atoms with Gasteiger partial charge in [0.2, 0.25) is 5.82 Å². The smallest absolute Gasteiger partial charge is 0.261 e. The molecule has 2 aromatic heterocycles. The monoisotopic (exact) mass is 270 g/mol. The van der Waals surface area contributed by atoms with Gasteiger partial charge < -0.3 is 9.26 Å². The highest BCUT2D eigenvalue weighted by Crippen LogP contribution is 2.26. The normalized spacial score (nSPS) is 10.8.